The number of carbonyl (C=O) groups is 1. The molecule has 0 bridgehead atoms. The molecule has 0 aliphatic carbocycles. The van der Waals surface area contributed by atoms with E-state index < -0.39 is 0 Å². The van der Waals surface area contributed by atoms with Gasteiger partial charge in [0.15, 0.2) is 0 Å². The number of nitrogens with zero attached hydrogens (tertiary/aromatic N) is 1. The molecular weight excluding hydrogens is 304 g/mol. The normalized spacial score (nSPS) is 17.6. The van der Waals surface area contributed by atoms with E-state index in [4.69, 9.17) is 11.6 Å². The minimum atomic E-state index is -0.151. The summed E-state index contributed by atoms with van der Waals surface area (Å²) in [6.07, 6.45) is 0. The molecule has 0 saturated heterocycles. The van der Waals surface area contributed by atoms with Crippen LogP contribution in [0, 0.1) is 0 Å². The number of nitrogens with one attached hydrogen (secondary N) is 1. The average molecular weight is 319 g/mol. The first kappa shape index (κ1) is 14.4. The molecule has 21 heavy (non-hydrogen) atoms. The first-order valence-electron chi connectivity index (χ1n) is 6.70. The molecule has 1 unspecified atom stereocenters. The maximum absolute atomic E-state index is 12.3. The van der Waals surface area contributed by atoms with Gasteiger partial charge in [-0.15, -0.1) is 12.6 Å². The molecule has 1 amide bonds. The van der Waals surface area contributed by atoms with Crippen LogP contribution >= 0.6 is 24.2 Å². The standard InChI is InChI=1S/C16H15ClN2OS/c1-10-13-5-3-2-4-12(13)9-19(10)18-16(20)11-6-7-14(17)15(21)8-11/h2-8,10,21H,9H2,1H3,(H,18,20). The highest BCUT2D eigenvalue weighted by atomic mass is 35.5. The van der Waals surface area contributed by atoms with Gasteiger partial charge in [0, 0.05) is 17.0 Å². The summed E-state index contributed by atoms with van der Waals surface area (Å²) in [5.41, 5.74) is 6.00. The van der Waals surface area contributed by atoms with Crippen LogP contribution in [0.3, 0.4) is 0 Å². The Morgan fingerprint density at radius 2 is 2.10 bits per heavy atom. The SMILES string of the molecule is CC1c2ccccc2CN1NC(=O)c1ccc(Cl)c(S)c1. The molecular formula is C16H15ClN2OS. The number of amides is 1. The molecule has 0 radical (unpaired) electrons. The monoisotopic (exact) mass is 318 g/mol. The quantitative estimate of drug-likeness (QED) is 0.824. The molecule has 0 saturated carbocycles. The minimum Gasteiger partial charge on any atom is -0.284 e. The molecule has 1 heterocycles. The Morgan fingerprint density at radius 1 is 1.33 bits per heavy atom. The van der Waals surface area contributed by atoms with Gasteiger partial charge in [-0.05, 0) is 36.2 Å². The second kappa shape index (κ2) is 5.72. The van der Waals surface area contributed by atoms with E-state index in [0.717, 1.165) is 0 Å². The number of rotatable bonds is 2. The summed E-state index contributed by atoms with van der Waals surface area (Å²) >= 11 is 10.2. The average Bonchev–Trinajstić information content (AvgIpc) is 2.79. The van der Waals surface area contributed by atoms with Gasteiger partial charge in [-0.1, -0.05) is 35.9 Å². The van der Waals surface area contributed by atoms with Crippen molar-refractivity contribution in [1.82, 2.24) is 10.4 Å². The topological polar surface area (TPSA) is 32.3 Å². The molecule has 108 valence electrons. The number of thiol groups is 1. The molecule has 2 aromatic carbocycles. The first-order chi connectivity index (χ1) is 10.1. The van der Waals surface area contributed by atoms with Crippen molar-refractivity contribution in [2.75, 3.05) is 0 Å². The van der Waals surface area contributed by atoms with Crippen LogP contribution in [-0.4, -0.2) is 10.9 Å². The molecule has 1 aliphatic rings. The fraction of sp³-hybridized carbons (Fsp3) is 0.188. The zero-order valence-electron chi connectivity index (χ0n) is 11.5. The number of hydrogen-bond donors (Lipinski definition) is 2. The number of benzene rings is 2. The van der Waals surface area contributed by atoms with Gasteiger partial charge in [0.2, 0.25) is 0 Å². The van der Waals surface area contributed by atoms with Gasteiger partial charge < -0.3 is 0 Å². The first-order valence-corrected chi connectivity index (χ1v) is 7.52. The van der Waals surface area contributed by atoms with E-state index in [1.807, 2.05) is 17.1 Å². The molecule has 0 fully saturated rings. The summed E-state index contributed by atoms with van der Waals surface area (Å²) in [7, 11) is 0. The number of carbonyl (C=O) groups excluding carboxylic acids is 1. The Bertz CT molecular complexity index is 704. The van der Waals surface area contributed by atoms with Gasteiger partial charge in [0.1, 0.15) is 0 Å². The number of hydrazine groups is 1. The van der Waals surface area contributed by atoms with Crippen molar-refractivity contribution in [2.24, 2.45) is 0 Å². The number of fused-ring (bicyclic) bond motifs is 1. The second-order valence-electron chi connectivity index (χ2n) is 5.11. The fourth-order valence-corrected chi connectivity index (χ4v) is 2.89. The fourth-order valence-electron chi connectivity index (χ4n) is 2.56. The van der Waals surface area contributed by atoms with Crippen LogP contribution in [0.15, 0.2) is 47.4 Å². The van der Waals surface area contributed by atoms with E-state index >= 15 is 0 Å². The van der Waals surface area contributed by atoms with Crippen molar-refractivity contribution in [2.45, 2.75) is 24.4 Å². The maximum atomic E-state index is 12.3. The third-order valence-electron chi connectivity index (χ3n) is 3.77. The summed E-state index contributed by atoms with van der Waals surface area (Å²) in [5, 5.41) is 2.48. The Hall–Kier alpha value is -1.49. The highest BCUT2D eigenvalue weighted by Crippen LogP contribution is 2.31. The van der Waals surface area contributed by atoms with E-state index in [2.05, 4.69) is 37.1 Å². The van der Waals surface area contributed by atoms with Crippen molar-refractivity contribution in [3.63, 3.8) is 0 Å². The van der Waals surface area contributed by atoms with E-state index in [0.29, 0.717) is 22.0 Å². The minimum absolute atomic E-state index is 0.151. The third kappa shape index (κ3) is 2.79. The second-order valence-corrected chi connectivity index (χ2v) is 6.00. The summed E-state index contributed by atoms with van der Waals surface area (Å²) < 4.78 is 0. The number of halogens is 1. The molecule has 0 spiro atoms. The van der Waals surface area contributed by atoms with Crippen molar-refractivity contribution >= 4 is 30.1 Å². The van der Waals surface area contributed by atoms with Gasteiger partial charge in [-0.2, -0.15) is 0 Å². The lowest BCUT2D eigenvalue weighted by Crippen LogP contribution is -2.40. The van der Waals surface area contributed by atoms with Crippen LogP contribution in [0.2, 0.25) is 5.02 Å². The highest BCUT2D eigenvalue weighted by molar-refractivity contribution is 7.80. The molecule has 3 rings (SSSR count). The zero-order chi connectivity index (χ0) is 15.0. The van der Waals surface area contributed by atoms with Crippen molar-refractivity contribution in [3.05, 3.63) is 64.2 Å². The molecule has 2 aromatic rings. The van der Waals surface area contributed by atoms with Gasteiger partial charge in [-0.3, -0.25) is 10.2 Å². The Kier molecular flexibility index (Phi) is 3.93. The van der Waals surface area contributed by atoms with Crippen molar-refractivity contribution in [1.29, 1.82) is 0 Å². The smallest absolute Gasteiger partial charge is 0.265 e. The lowest BCUT2D eigenvalue weighted by Gasteiger charge is -2.22. The third-order valence-corrected chi connectivity index (χ3v) is 4.60. The van der Waals surface area contributed by atoms with E-state index in [9.17, 15) is 4.79 Å². The molecule has 3 nitrogen and oxygen atoms in total. The van der Waals surface area contributed by atoms with E-state index in [-0.39, 0.29) is 11.9 Å². The molecule has 1 aliphatic heterocycles. The van der Waals surface area contributed by atoms with Gasteiger partial charge in [0.25, 0.3) is 5.91 Å². The van der Waals surface area contributed by atoms with Crippen LogP contribution in [0.4, 0.5) is 0 Å². The van der Waals surface area contributed by atoms with Crippen molar-refractivity contribution in [3.8, 4) is 0 Å². The molecule has 0 aromatic heterocycles. The van der Waals surface area contributed by atoms with Crippen LogP contribution in [0.25, 0.3) is 0 Å². The predicted molar refractivity (Wildman–Crippen MR) is 86.6 cm³/mol. The van der Waals surface area contributed by atoms with Crippen LogP contribution < -0.4 is 5.43 Å². The molecule has 1 N–H and O–H groups in total. The Balaban J connectivity index is 1.76. The number of hydrogen-bond acceptors (Lipinski definition) is 3. The van der Waals surface area contributed by atoms with Gasteiger partial charge >= 0.3 is 0 Å². The Labute approximate surface area is 134 Å². The van der Waals surface area contributed by atoms with E-state index in [1.54, 1.807) is 18.2 Å². The molecule has 1 atom stereocenters. The predicted octanol–water partition coefficient (Wildman–Crippen LogP) is 3.85. The van der Waals surface area contributed by atoms with Crippen LogP contribution in [0.1, 0.15) is 34.5 Å². The summed E-state index contributed by atoms with van der Waals surface area (Å²) in [6.45, 7) is 2.79. The van der Waals surface area contributed by atoms with Crippen LogP contribution in [-0.2, 0) is 6.54 Å². The van der Waals surface area contributed by atoms with Crippen molar-refractivity contribution < 1.29 is 4.79 Å². The lowest BCUT2D eigenvalue weighted by atomic mass is 10.1. The zero-order valence-corrected chi connectivity index (χ0v) is 13.2. The summed E-state index contributed by atoms with van der Waals surface area (Å²) in [5.74, 6) is -0.151. The van der Waals surface area contributed by atoms with E-state index in [1.165, 1.54) is 11.1 Å². The van der Waals surface area contributed by atoms with Gasteiger partial charge in [0.05, 0.1) is 11.1 Å². The summed E-state index contributed by atoms with van der Waals surface area (Å²) in [4.78, 5) is 12.9. The van der Waals surface area contributed by atoms with Crippen LogP contribution in [0.5, 0.6) is 0 Å². The highest BCUT2D eigenvalue weighted by Gasteiger charge is 2.27. The lowest BCUT2D eigenvalue weighted by molar-refractivity contribution is 0.0724. The maximum Gasteiger partial charge on any atom is 0.265 e. The molecule has 5 heteroatoms. The van der Waals surface area contributed by atoms with Gasteiger partial charge in [-0.25, -0.2) is 5.01 Å². The Morgan fingerprint density at radius 3 is 2.81 bits per heavy atom. The summed E-state index contributed by atoms with van der Waals surface area (Å²) in [6, 6.07) is 13.4. The largest absolute Gasteiger partial charge is 0.284 e.